The molecule has 0 saturated carbocycles. The maximum atomic E-state index is 14.1. The van der Waals surface area contributed by atoms with E-state index in [9.17, 15) is 19.5 Å². The Kier molecular flexibility index (Phi) is 8.59. The molecule has 3 heterocycles. The molecule has 1 atom stereocenters. The highest BCUT2D eigenvalue weighted by atomic mass is 32.1. The maximum absolute atomic E-state index is 14.1. The number of fused-ring (bicyclic) bond motifs is 1. The molecule has 1 aliphatic rings. The number of allylic oxidation sites excluding steroid dienone is 1. The van der Waals surface area contributed by atoms with Gasteiger partial charge < -0.3 is 28.7 Å². The Bertz CT molecular complexity index is 2000. The van der Waals surface area contributed by atoms with Crippen LogP contribution in [0.2, 0.25) is 0 Å². The average Bonchev–Trinajstić information content (AvgIpc) is 3.45. The van der Waals surface area contributed by atoms with Crippen LogP contribution in [0, 0.1) is 13.8 Å². The number of carboxylic acid groups (broad SMARTS) is 1. The number of aryl methyl sites for hydroxylation is 1. The first kappa shape index (κ1) is 30.6. The van der Waals surface area contributed by atoms with Crippen molar-refractivity contribution in [3.63, 3.8) is 0 Å². The molecule has 0 N–H and O–H groups in total. The van der Waals surface area contributed by atoms with E-state index in [1.165, 1.54) is 22.0 Å². The fourth-order valence-corrected chi connectivity index (χ4v) is 6.52. The van der Waals surface area contributed by atoms with E-state index < -0.39 is 18.0 Å². The van der Waals surface area contributed by atoms with Gasteiger partial charge >= 0.3 is 5.97 Å². The van der Waals surface area contributed by atoms with Gasteiger partial charge in [0.2, 0.25) is 0 Å². The Morgan fingerprint density at radius 2 is 1.82 bits per heavy atom. The summed E-state index contributed by atoms with van der Waals surface area (Å²) in [6.07, 6.45) is 1.80. The van der Waals surface area contributed by atoms with E-state index in [1.807, 2.05) is 37.5 Å². The number of carbonyl (C=O) groups excluding carboxylic acids is 2. The van der Waals surface area contributed by atoms with E-state index >= 15 is 0 Å². The number of aromatic nitrogens is 2. The summed E-state index contributed by atoms with van der Waals surface area (Å²) in [6.45, 7) is 9.70. The number of hydrogen-bond donors (Lipinski definition) is 0. The minimum atomic E-state index is -1.26. The molecule has 0 spiro atoms. The van der Waals surface area contributed by atoms with Gasteiger partial charge in [-0.3, -0.25) is 9.36 Å². The maximum Gasteiger partial charge on any atom is 0.338 e. The lowest BCUT2D eigenvalue weighted by Gasteiger charge is -2.25. The third-order valence-corrected chi connectivity index (χ3v) is 8.40. The molecule has 4 aromatic rings. The number of nitrogens with zero attached hydrogens (tertiary/aromatic N) is 3. The summed E-state index contributed by atoms with van der Waals surface area (Å²) < 4.78 is 20.5. The first-order valence-corrected chi connectivity index (χ1v) is 14.9. The summed E-state index contributed by atoms with van der Waals surface area (Å²) in [5, 5.41) is 11.5. The van der Waals surface area contributed by atoms with Gasteiger partial charge in [-0.1, -0.05) is 29.5 Å². The molecule has 1 unspecified atom stereocenters. The first-order chi connectivity index (χ1) is 21.1. The average molecular weight is 615 g/mol. The van der Waals surface area contributed by atoms with Gasteiger partial charge in [-0.15, -0.1) is 0 Å². The molecule has 0 radical (unpaired) electrons. The molecule has 0 fully saturated rings. The number of hydrogen-bond acceptors (Lipinski definition) is 9. The quantitative estimate of drug-likeness (QED) is 0.266. The Balaban J connectivity index is 1.69. The number of thiazole rings is 1. The number of aromatic carboxylic acids is 1. The number of carbonyl (C=O) groups is 2. The third kappa shape index (κ3) is 5.46. The predicted molar refractivity (Wildman–Crippen MR) is 164 cm³/mol. The second kappa shape index (κ2) is 12.4. The molecule has 0 saturated heterocycles. The van der Waals surface area contributed by atoms with Crippen molar-refractivity contribution in [2.75, 3.05) is 20.3 Å². The highest BCUT2D eigenvalue weighted by Gasteiger charge is 2.34. The van der Waals surface area contributed by atoms with Crippen LogP contribution < -0.4 is 29.5 Å². The number of carboxylic acids is 1. The van der Waals surface area contributed by atoms with Crippen LogP contribution in [0.3, 0.4) is 0 Å². The van der Waals surface area contributed by atoms with Gasteiger partial charge in [0.25, 0.3) is 5.56 Å². The molecule has 5 rings (SSSR count). The second-order valence-corrected chi connectivity index (χ2v) is 11.2. The van der Waals surface area contributed by atoms with Crippen LogP contribution in [0.1, 0.15) is 59.7 Å². The lowest BCUT2D eigenvalue weighted by Crippen LogP contribution is -2.40. The van der Waals surface area contributed by atoms with Crippen molar-refractivity contribution in [3.8, 4) is 17.2 Å². The van der Waals surface area contributed by atoms with E-state index in [0.29, 0.717) is 44.4 Å². The van der Waals surface area contributed by atoms with Crippen LogP contribution >= 0.6 is 11.3 Å². The van der Waals surface area contributed by atoms with Crippen LogP contribution in [0.5, 0.6) is 11.5 Å². The molecule has 44 heavy (non-hydrogen) atoms. The van der Waals surface area contributed by atoms with E-state index in [-0.39, 0.29) is 23.3 Å². The summed E-state index contributed by atoms with van der Waals surface area (Å²) in [6, 6.07) is 13.0. The van der Waals surface area contributed by atoms with Gasteiger partial charge in [-0.05, 0) is 87.7 Å². The van der Waals surface area contributed by atoms with E-state index in [2.05, 4.69) is 4.99 Å². The van der Waals surface area contributed by atoms with Gasteiger partial charge in [0, 0.05) is 17.1 Å². The molecule has 1 aliphatic heterocycles. The van der Waals surface area contributed by atoms with Crippen molar-refractivity contribution in [2.24, 2.45) is 4.99 Å². The van der Waals surface area contributed by atoms with Gasteiger partial charge in [-0.2, -0.15) is 0 Å². The molecule has 11 heteroatoms. The molecular formula is C33H32N3O7S-. The van der Waals surface area contributed by atoms with Gasteiger partial charge in [0.05, 0.1) is 48.1 Å². The largest absolute Gasteiger partial charge is 0.545 e. The second-order valence-electron chi connectivity index (χ2n) is 10.1. The number of ether oxygens (including phenoxy) is 3. The van der Waals surface area contributed by atoms with Crippen molar-refractivity contribution in [3.05, 3.63) is 108 Å². The fraction of sp³-hybridized carbons (Fsp3) is 0.273. The van der Waals surface area contributed by atoms with E-state index in [0.717, 1.165) is 17.0 Å². The Hall–Kier alpha value is -4.90. The topological polar surface area (TPSA) is 124 Å². The highest BCUT2D eigenvalue weighted by Crippen LogP contribution is 2.36. The van der Waals surface area contributed by atoms with Crippen molar-refractivity contribution < 1.29 is 28.9 Å². The van der Waals surface area contributed by atoms with Crippen LogP contribution in [0.4, 0.5) is 0 Å². The number of benzene rings is 2. The van der Waals surface area contributed by atoms with Crippen LogP contribution in [0.15, 0.2) is 69.6 Å². The van der Waals surface area contributed by atoms with Gasteiger partial charge in [0.15, 0.2) is 16.3 Å². The SMILES string of the molecule is CCOC(=O)C1=C(C)N=c2s/c(=C\c3cc(C)n(-c4cccc(C(=O)[O-])c4)c3C)c(=O)n2C1c1ccc(OC)c(OCC)c1. The third-order valence-electron chi connectivity index (χ3n) is 7.42. The summed E-state index contributed by atoms with van der Waals surface area (Å²) in [5.74, 6) is -0.790. The number of rotatable bonds is 9. The summed E-state index contributed by atoms with van der Waals surface area (Å²) in [7, 11) is 1.55. The zero-order valence-electron chi connectivity index (χ0n) is 25.3. The summed E-state index contributed by atoms with van der Waals surface area (Å²) >= 11 is 1.22. The zero-order valence-corrected chi connectivity index (χ0v) is 26.1. The molecule has 2 aromatic carbocycles. The Labute approximate surface area is 257 Å². The molecule has 0 bridgehead atoms. The Morgan fingerprint density at radius 1 is 1.05 bits per heavy atom. The Morgan fingerprint density at radius 3 is 2.50 bits per heavy atom. The standard InChI is InChI=1S/C33H33N3O7S/c1-7-42-26-16-21(12-13-25(26)41-6)29-28(32(40)43-8-2)19(4)34-33-36(29)30(37)27(44-33)17-23-14-18(3)35(20(23)5)24-11-9-10-22(15-24)31(38)39/h9-17,29H,7-8H2,1-6H3,(H,38,39)/p-1/b27-17-. The molecule has 0 amide bonds. The minimum absolute atomic E-state index is 0.0728. The molecule has 228 valence electrons. The first-order valence-electron chi connectivity index (χ1n) is 14.1. The normalized spacial score (nSPS) is 14.7. The lowest BCUT2D eigenvalue weighted by molar-refractivity contribution is -0.255. The van der Waals surface area contributed by atoms with Crippen LogP contribution in [0.25, 0.3) is 11.8 Å². The van der Waals surface area contributed by atoms with Crippen molar-refractivity contribution in [1.29, 1.82) is 0 Å². The van der Waals surface area contributed by atoms with Crippen molar-refractivity contribution >= 4 is 29.4 Å². The van der Waals surface area contributed by atoms with Crippen LogP contribution in [-0.4, -0.2) is 41.4 Å². The highest BCUT2D eigenvalue weighted by molar-refractivity contribution is 7.07. The minimum Gasteiger partial charge on any atom is -0.545 e. The predicted octanol–water partition coefficient (Wildman–Crippen LogP) is 2.98. The monoisotopic (exact) mass is 614 g/mol. The lowest BCUT2D eigenvalue weighted by atomic mass is 9.95. The molecule has 2 aromatic heterocycles. The fourth-order valence-electron chi connectivity index (χ4n) is 5.48. The molecular weight excluding hydrogens is 582 g/mol. The van der Waals surface area contributed by atoms with E-state index in [4.69, 9.17) is 14.2 Å². The smallest absolute Gasteiger partial charge is 0.338 e. The summed E-state index contributed by atoms with van der Waals surface area (Å²) in [5.41, 5.74) is 4.26. The van der Waals surface area contributed by atoms with Crippen molar-refractivity contribution in [1.82, 2.24) is 9.13 Å². The van der Waals surface area contributed by atoms with Gasteiger partial charge in [0.1, 0.15) is 0 Å². The summed E-state index contributed by atoms with van der Waals surface area (Å²) in [4.78, 5) is 44.0. The van der Waals surface area contributed by atoms with Gasteiger partial charge in [-0.25, -0.2) is 9.79 Å². The zero-order chi connectivity index (χ0) is 31.7. The van der Waals surface area contributed by atoms with Crippen LogP contribution in [-0.2, 0) is 9.53 Å². The van der Waals surface area contributed by atoms with E-state index in [1.54, 1.807) is 57.4 Å². The number of methoxy groups -OCH3 is 1. The number of esters is 1. The van der Waals surface area contributed by atoms with Crippen molar-refractivity contribution in [2.45, 2.75) is 40.7 Å². The molecule has 0 aliphatic carbocycles. The molecule has 10 nitrogen and oxygen atoms in total.